The Labute approximate surface area is 125 Å². The zero-order valence-electron chi connectivity index (χ0n) is 10.6. The first-order valence-corrected chi connectivity index (χ1v) is 22.8. The van der Waals surface area contributed by atoms with Crippen molar-refractivity contribution in [1.82, 2.24) is 0 Å². The monoisotopic (exact) mass is 420 g/mol. The molecule has 0 bridgehead atoms. The summed E-state index contributed by atoms with van der Waals surface area (Å²) in [5, 5.41) is 0. The smallest absolute Gasteiger partial charge is 0.00388 e. The van der Waals surface area contributed by atoms with Crippen LogP contribution >= 0.6 is 82.1 Å². The van der Waals surface area contributed by atoms with Crippen molar-refractivity contribution >= 4 is 82.1 Å². The van der Waals surface area contributed by atoms with Crippen LogP contribution in [0.25, 0.3) is 0 Å². The summed E-state index contributed by atoms with van der Waals surface area (Å²) in [5.74, 6) is 3.05. The van der Waals surface area contributed by atoms with Crippen molar-refractivity contribution < 1.29 is 0 Å². The Morgan fingerprint density at radius 2 is 1.76 bits per heavy atom. The Balaban J connectivity index is 3.81. The molecule has 0 N–H and O–H groups in total. The van der Waals surface area contributed by atoms with Gasteiger partial charge in [0.25, 0.3) is 0 Å². The predicted molar refractivity (Wildman–Crippen MR) is 119 cm³/mol. The van der Waals surface area contributed by atoms with Crippen LogP contribution in [-0.4, -0.2) is 37.0 Å². The van der Waals surface area contributed by atoms with Gasteiger partial charge in [-0.25, -0.2) is 0 Å². The molecule has 0 aliphatic rings. The lowest BCUT2D eigenvalue weighted by molar-refractivity contribution is 1.50. The third-order valence-electron chi connectivity index (χ3n) is 2.17. The Morgan fingerprint density at radius 1 is 1.12 bits per heavy atom. The normalized spacial score (nSPS) is 18.5. The maximum Gasteiger partial charge on any atom is -0.00388 e. The molecule has 0 heterocycles. The number of hydrogen-bond donors (Lipinski definition) is 0. The highest BCUT2D eigenvalue weighted by Crippen LogP contribution is 2.82. The largest absolute Gasteiger partial charge is 0.118 e. The summed E-state index contributed by atoms with van der Waals surface area (Å²) in [4.78, 5) is 0. The Kier molecular flexibility index (Phi) is 17.5. The minimum absolute atomic E-state index is 0.176. The average molecular weight is 420 g/mol. The standard InChI is InChI=1S/C7H26P10/c1-3-12-6-15(9)4-5-16(13-8)7-14(2)17(10)11/h12-13H,3-11H2,1-2H3. The van der Waals surface area contributed by atoms with Gasteiger partial charge >= 0.3 is 0 Å². The minimum atomic E-state index is 0.176. The summed E-state index contributed by atoms with van der Waals surface area (Å²) in [6, 6.07) is 0. The quantitative estimate of drug-likeness (QED) is 0.340. The van der Waals surface area contributed by atoms with Gasteiger partial charge in [0.1, 0.15) is 0 Å². The zero-order chi connectivity index (χ0) is 13.3. The average Bonchev–Trinajstić information content (AvgIpc) is 2.31. The Morgan fingerprint density at radius 3 is 2.24 bits per heavy atom. The van der Waals surface area contributed by atoms with Gasteiger partial charge in [-0.05, 0) is 43.9 Å². The van der Waals surface area contributed by atoms with Crippen molar-refractivity contribution in [2.24, 2.45) is 0 Å². The molecule has 0 aliphatic heterocycles. The molecule has 17 heavy (non-hydrogen) atoms. The van der Waals surface area contributed by atoms with E-state index >= 15 is 0 Å². The lowest BCUT2D eigenvalue weighted by Gasteiger charge is -2.24. The second-order valence-electron chi connectivity index (χ2n) is 3.65. The van der Waals surface area contributed by atoms with Gasteiger partial charge in [0.15, 0.2) is 0 Å². The molecule has 0 amide bonds. The maximum atomic E-state index is 3.14. The first-order valence-electron chi connectivity index (χ1n) is 5.43. The molecule has 0 aromatic heterocycles. The molecular formula is C7H26P10. The molecule has 104 valence electrons. The summed E-state index contributed by atoms with van der Waals surface area (Å²) < 4.78 is 0. The van der Waals surface area contributed by atoms with E-state index in [1.807, 2.05) is 0 Å². The van der Waals surface area contributed by atoms with E-state index in [0.29, 0.717) is 7.61 Å². The Hall–Kier alpha value is 4.30. The maximum absolute atomic E-state index is 3.14. The molecule has 0 aromatic carbocycles. The van der Waals surface area contributed by atoms with E-state index in [2.05, 4.69) is 49.3 Å². The van der Waals surface area contributed by atoms with Gasteiger partial charge in [0.05, 0.1) is 0 Å². The minimum Gasteiger partial charge on any atom is -0.118 e. The summed E-state index contributed by atoms with van der Waals surface area (Å²) in [5.41, 5.74) is 0. The van der Waals surface area contributed by atoms with Crippen LogP contribution in [0.5, 0.6) is 0 Å². The molecular weight excluding hydrogens is 394 g/mol. The van der Waals surface area contributed by atoms with E-state index in [-0.39, 0.29) is 22.2 Å². The van der Waals surface area contributed by atoms with Gasteiger partial charge < -0.3 is 0 Å². The van der Waals surface area contributed by atoms with E-state index in [1.165, 1.54) is 33.0 Å². The number of hydrogen-bond acceptors (Lipinski definition) is 0. The molecule has 0 saturated heterocycles. The summed E-state index contributed by atoms with van der Waals surface area (Å²) in [7, 11) is 15.4. The summed E-state index contributed by atoms with van der Waals surface area (Å²) in [6.45, 7) is 4.98. The van der Waals surface area contributed by atoms with Crippen LogP contribution in [0.4, 0.5) is 0 Å². The molecule has 9 unspecified atom stereocenters. The van der Waals surface area contributed by atoms with E-state index in [0.717, 1.165) is 7.96 Å². The highest BCUT2D eigenvalue weighted by Gasteiger charge is 2.14. The molecule has 0 nitrogen and oxygen atoms in total. The molecule has 9 atom stereocenters. The van der Waals surface area contributed by atoms with Gasteiger partial charge in [-0.2, -0.15) is 0 Å². The molecule has 10 heteroatoms. The first-order chi connectivity index (χ1) is 8.01. The van der Waals surface area contributed by atoms with Crippen molar-refractivity contribution in [3.8, 4) is 0 Å². The lowest BCUT2D eigenvalue weighted by Crippen LogP contribution is -1.89. The van der Waals surface area contributed by atoms with Crippen LogP contribution < -0.4 is 0 Å². The molecule has 0 saturated carbocycles. The highest BCUT2D eigenvalue weighted by molar-refractivity contribution is 8.73. The van der Waals surface area contributed by atoms with Crippen molar-refractivity contribution in [2.45, 2.75) is 6.92 Å². The van der Waals surface area contributed by atoms with E-state index in [9.17, 15) is 0 Å². The second kappa shape index (κ2) is 13.9. The van der Waals surface area contributed by atoms with Crippen LogP contribution in [-0.2, 0) is 0 Å². The summed E-state index contributed by atoms with van der Waals surface area (Å²) >= 11 is 0. The highest BCUT2D eigenvalue weighted by atomic mass is 32.7. The predicted octanol–water partition coefficient (Wildman–Crippen LogP) is 6.83. The van der Waals surface area contributed by atoms with Crippen LogP contribution in [0.2, 0.25) is 0 Å². The van der Waals surface area contributed by atoms with E-state index in [1.54, 1.807) is 5.90 Å². The van der Waals surface area contributed by atoms with Crippen molar-refractivity contribution in [3.63, 3.8) is 0 Å². The number of rotatable bonds is 10. The molecule has 0 rings (SSSR count). The van der Waals surface area contributed by atoms with Gasteiger partial charge in [-0.3, -0.25) is 0 Å². The van der Waals surface area contributed by atoms with Crippen LogP contribution in [0.1, 0.15) is 6.92 Å². The third-order valence-corrected chi connectivity index (χ3v) is 30.6. The third kappa shape index (κ3) is 12.5. The summed E-state index contributed by atoms with van der Waals surface area (Å²) in [6.07, 6.45) is 4.43. The van der Waals surface area contributed by atoms with Gasteiger partial charge in [0, 0.05) is 0 Å². The first kappa shape index (κ1) is 21.3. The van der Waals surface area contributed by atoms with Gasteiger partial charge in [0.2, 0.25) is 0 Å². The molecule has 0 aromatic rings. The van der Waals surface area contributed by atoms with Crippen LogP contribution in [0.15, 0.2) is 0 Å². The van der Waals surface area contributed by atoms with Crippen molar-refractivity contribution in [1.29, 1.82) is 0 Å². The molecule has 0 fully saturated rings. The van der Waals surface area contributed by atoms with Crippen molar-refractivity contribution in [3.05, 3.63) is 0 Å². The Bertz CT molecular complexity index is 176. The zero-order valence-corrected chi connectivity index (χ0v) is 20.8. The van der Waals surface area contributed by atoms with Crippen molar-refractivity contribution in [2.75, 3.05) is 37.0 Å². The molecule has 0 aliphatic carbocycles. The van der Waals surface area contributed by atoms with Crippen LogP contribution in [0, 0.1) is 0 Å². The fourth-order valence-electron chi connectivity index (χ4n) is 1.08. The van der Waals surface area contributed by atoms with Gasteiger partial charge in [-0.15, -0.1) is 44.3 Å². The fourth-order valence-corrected chi connectivity index (χ4v) is 26.5. The topological polar surface area (TPSA) is 0 Å². The molecule has 0 radical (unpaired) electrons. The van der Waals surface area contributed by atoms with Gasteiger partial charge in [-0.1, -0.05) is 37.7 Å². The van der Waals surface area contributed by atoms with E-state index < -0.39 is 0 Å². The van der Waals surface area contributed by atoms with E-state index in [4.69, 9.17) is 0 Å². The molecule has 0 spiro atoms. The van der Waals surface area contributed by atoms with Crippen LogP contribution in [0.3, 0.4) is 0 Å². The SMILES string of the molecule is CCPCP(P)CCP(CP(C)P(P)P)PP. The fraction of sp³-hybridized carbons (Fsp3) is 1.00. The second-order valence-corrected chi connectivity index (χ2v) is 31.1. The lowest BCUT2D eigenvalue weighted by atomic mass is 11.0.